The number of rotatable bonds is 6. The number of likely N-dealkylation sites (tertiary alicyclic amines) is 1. The largest absolute Gasteiger partial charge is 0.451 e. The Morgan fingerprint density at radius 1 is 1.25 bits per heavy atom. The van der Waals surface area contributed by atoms with Gasteiger partial charge in [0.15, 0.2) is 11.7 Å². The van der Waals surface area contributed by atoms with Crippen molar-refractivity contribution in [2.45, 2.75) is 54.4 Å². The minimum Gasteiger partial charge on any atom is -0.451 e. The maximum Gasteiger partial charge on any atom is 0.291 e. The Kier molecular flexibility index (Phi) is 9.50. The van der Waals surface area contributed by atoms with Crippen molar-refractivity contribution in [1.29, 1.82) is 0 Å². The van der Waals surface area contributed by atoms with Gasteiger partial charge in [0.25, 0.3) is 11.8 Å². The van der Waals surface area contributed by atoms with Gasteiger partial charge in [-0.15, -0.1) is 0 Å². The summed E-state index contributed by atoms with van der Waals surface area (Å²) < 4.78 is 10.9. The van der Waals surface area contributed by atoms with Crippen molar-refractivity contribution >= 4 is 24.0 Å². The van der Waals surface area contributed by atoms with E-state index in [1.54, 1.807) is 13.0 Å². The number of amides is 2. The molecular formula is C25H35N3O4. The van der Waals surface area contributed by atoms with Crippen LogP contribution in [0.25, 0.3) is 12.2 Å². The molecular weight excluding hydrogens is 406 g/mol. The van der Waals surface area contributed by atoms with E-state index in [9.17, 15) is 9.59 Å². The van der Waals surface area contributed by atoms with Crippen LogP contribution in [-0.4, -0.2) is 41.3 Å². The van der Waals surface area contributed by atoms with Crippen molar-refractivity contribution in [2.24, 2.45) is 5.92 Å². The summed E-state index contributed by atoms with van der Waals surface area (Å²) >= 11 is 0. The highest BCUT2D eigenvalue weighted by molar-refractivity contribution is 5.93. The normalized spacial score (nSPS) is 15.9. The van der Waals surface area contributed by atoms with Crippen molar-refractivity contribution in [2.75, 3.05) is 19.6 Å². The number of hydrogen-bond acceptors (Lipinski definition) is 5. The Hall–Kier alpha value is -3.09. The van der Waals surface area contributed by atoms with Crippen LogP contribution in [0.2, 0.25) is 0 Å². The molecule has 2 aromatic rings. The third-order valence-electron chi connectivity index (χ3n) is 5.01. The predicted octanol–water partition coefficient (Wildman–Crippen LogP) is 5.26. The summed E-state index contributed by atoms with van der Waals surface area (Å²) in [5.41, 5.74) is 1.62. The average molecular weight is 442 g/mol. The lowest BCUT2D eigenvalue weighted by atomic mass is 10.2. The molecule has 1 atom stereocenters. The van der Waals surface area contributed by atoms with E-state index in [4.69, 9.17) is 8.83 Å². The number of nitrogens with one attached hydrogen (secondary N) is 1. The molecule has 7 heteroatoms. The summed E-state index contributed by atoms with van der Waals surface area (Å²) in [5, 5.41) is 2.72. The van der Waals surface area contributed by atoms with Crippen LogP contribution in [0.5, 0.6) is 0 Å². The SMILES string of the molecule is C/C=C\c1cc(C(=O)NCC)oc1/C=C/CC.Cc1nc(C)c(C(=O)N2CCC(C)C2)o1. The molecule has 0 saturated carbocycles. The van der Waals surface area contributed by atoms with E-state index < -0.39 is 0 Å². The first-order valence-corrected chi connectivity index (χ1v) is 11.2. The monoisotopic (exact) mass is 441 g/mol. The summed E-state index contributed by atoms with van der Waals surface area (Å²) in [6.07, 6.45) is 9.78. The lowest BCUT2D eigenvalue weighted by Crippen LogP contribution is -2.28. The molecule has 3 rings (SSSR count). The van der Waals surface area contributed by atoms with Crippen LogP contribution in [0.3, 0.4) is 0 Å². The van der Waals surface area contributed by atoms with Gasteiger partial charge in [-0.1, -0.05) is 32.1 Å². The second kappa shape index (κ2) is 12.1. The third kappa shape index (κ3) is 6.70. The maximum atomic E-state index is 12.0. The molecule has 0 aromatic carbocycles. The van der Waals surface area contributed by atoms with E-state index in [1.165, 1.54) is 0 Å². The Morgan fingerprint density at radius 2 is 2.00 bits per heavy atom. The summed E-state index contributed by atoms with van der Waals surface area (Å²) in [4.78, 5) is 29.6. The molecule has 1 fully saturated rings. The Morgan fingerprint density at radius 3 is 2.53 bits per heavy atom. The van der Waals surface area contributed by atoms with Crippen LogP contribution in [0.15, 0.2) is 27.1 Å². The second-order valence-corrected chi connectivity index (χ2v) is 7.89. The number of oxazole rings is 1. The molecule has 2 aromatic heterocycles. The molecule has 174 valence electrons. The number of aryl methyl sites for hydroxylation is 2. The van der Waals surface area contributed by atoms with E-state index >= 15 is 0 Å². The van der Waals surface area contributed by atoms with Crippen molar-refractivity contribution in [1.82, 2.24) is 15.2 Å². The first-order chi connectivity index (χ1) is 15.3. The van der Waals surface area contributed by atoms with Crippen molar-refractivity contribution < 1.29 is 18.4 Å². The number of allylic oxidation sites excluding steroid dienone is 2. The fourth-order valence-corrected chi connectivity index (χ4v) is 3.44. The van der Waals surface area contributed by atoms with Crippen LogP contribution < -0.4 is 5.32 Å². The lowest BCUT2D eigenvalue weighted by Gasteiger charge is -2.13. The van der Waals surface area contributed by atoms with Crippen LogP contribution >= 0.6 is 0 Å². The molecule has 1 unspecified atom stereocenters. The van der Waals surface area contributed by atoms with Crippen molar-refractivity contribution in [3.8, 4) is 0 Å². The van der Waals surface area contributed by atoms with Gasteiger partial charge in [0, 0.05) is 32.1 Å². The lowest BCUT2D eigenvalue weighted by molar-refractivity contribution is 0.0754. The Balaban J connectivity index is 0.000000228. The first-order valence-electron chi connectivity index (χ1n) is 11.2. The van der Waals surface area contributed by atoms with Crippen LogP contribution in [0, 0.1) is 19.8 Å². The number of nitrogens with zero attached hydrogens (tertiary/aromatic N) is 2. The van der Waals surface area contributed by atoms with Crippen LogP contribution in [0.4, 0.5) is 0 Å². The molecule has 32 heavy (non-hydrogen) atoms. The van der Waals surface area contributed by atoms with E-state index in [2.05, 4.69) is 24.1 Å². The third-order valence-corrected chi connectivity index (χ3v) is 5.01. The van der Waals surface area contributed by atoms with Gasteiger partial charge in [0.2, 0.25) is 5.76 Å². The Bertz CT molecular complexity index is 968. The van der Waals surface area contributed by atoms with Crippen molar-refractivity contribution in [3.05, 3.63) is 52.6 Å². The van der Waals surface area contributed by atoms with E-state index in [1.807, 2.05) is 50.0 Å². The molecule has 0 spiro atoms. The molecule has 1 N–H and O–H groups in total. The highest BCUT2D eigenvalue weighted by Gasteiger charge is 2.27. The van der Waals surface area contributed by atoms with Crippen molar-refractivity contribution in [3.63, 3.8) is 0 Å². The zero-order valence-corrected chi connectivity index (χ0v) is 20.0. The minimum absolute atomic E-state index is 0.0162. The Labute approximate surface area is 190 Å². The van der Waals surface area contributed by atoms with Gasteiger partial charge in [-0.3, -0.25) is 9.59 Å². The summed E-state index contributed by atoms with van der Waals surface area (Å²) in [6.45, 7) is 13.9. The summed E-state index contributed by atoms with van der Waals surface area (Å²) in [6, 6.07) is 1.76. The molecule has 7 nitrogen and oxygen atoms in total. The number of hydrogen-bond donors (Lipinski definition) is 1. The first kappa shape index (κ1) is 25.2. The molecule has 0 radical (unpaired) electrons. The maximum absolute atomic E-state index is 12.0. The van der Waals surface area contributed by atoms with Gasteiger partial charge in [-0.05, 0) is 51.7 Å². The molecule has 0 aliphatic carbocycles. The number of carbonyl (C=O) groups excluding carboxylic acids is 2. The molecule has 3 heterocycles. The molecule has 1 aliphatic heterocycles. The second-order valence-electron chi connectivity index (χ2n) is 7.89. The van der Waals surface area contributed by atoms with Gasteiger partial charge < -0.3 is 19.1 Å². The highest BCUT2D eigenvalue weighted by Crippen LogP contribution is 2.20. The summed E-state index contributed by atoms with van der Waals surface area (Å²) in [7, 11) is 0. The van der Waals surface area contributed by atoms with Gasteiger partial charge in [-0.25, -0.2) is 4.98 Å². The fraction of sp³-hybridized carbons (Fsp3) is 0.480. The van der Waals surface area contributed by atoms with Crippen LogP contribution in [-0.2, 0) is 0 Å². The molecule has 0 bridgehead atoms. The standard InChI is InChI=1S/C14H19NO2.C11H16N2O2/c1-4-7-9-12-11(8-5-2)10-13(17-12)14(16)15-6-3;1-7-4-5-13(6-7)11(14)10-8(2)12-9(3)15-10/h5,7-10H,4,6H2,1-3H3,(H,15,16);7H,4-6H2,1-3H3/b8-5-,9-7+;. The van der Waals surface area contributed by atoms with Gasteiger partial charge >= 0.3 is 0 Å². The number of aromatic nitrogens is 1. The molecule has 2 amide bonds. The zero-order valence-electron chi connectivity index (χ0n) is 20.0. The van der Waals surface area contributed by atoms with E-state index in [-0.39, 0.29) is 11.8 Å². The minimum atomic E-state index is -0.172. The zero-order chi connectivity index (χ0) is 23.7. The van der Waals surface area contributed by atoms with Gasteiger partial charge in [0.05, 0.1) is 5.69 Å². The average Bonchev–Trinajstić information content (AvgIpc) is 3.45. The number of furan rings is 1. The topological polar surface area (TPSA) is 88.6 Å². The van der Waals surface area contributed by atoms with E-state index in [0.29, 0.717) is 35.6 Å². The van der Waals surface area contributed by atoms with Gasteiger partial charge in [0.1, 0.15) is 5.76 Å². The highest BCUT2D eigenvalue weighted by atomic mass is 16.4. The molecule has 1 saturated heterocycles. The predicted molar refractivity (Wildman–Crippen MR) is 126 cm³/mol. The van der Waals surface area contributed by atoms with E-state index in [0.717, 1.165) is 37.3 Å². The van der Waals surface area contributed by atoms with Gasteiger partial charge in [-0.2, -0.15) is 0 Å². The quantitative estimate of drug-likeness (QED) is 0.661. The van der Waals surface area contributed by atoms with Crippen LogP contribution in [0.1, 0.15) is 84.6 Å². The summed E-state index contributed by atoms with van der Waals surface area (Å²) in [5.74, 6) is 2.46. The smallest absolute Gasteiger partial charge is 0.291 e. The number of carbonyl (C=O) groups is 2. The fourth-order valence-electron chi connectivity index (χ4n) is 3.44. The molecule has 1 aliphatic rings.